The third-order valence-electron chi connectivity index (χ3n) is 10.1. The summed E-state index contributed by atoms with van der Waals surface area (Å²) in [5.74, 6) is 0. The number of allylic oxidation sites excluding steroid dienone is 5. The first-order valence-electron chi connectivity index (χ1n) is 17.0. The van der Waals surface area contributed by atoms with Crippen LogP contribution in [0.1, 0.15) is 27.8 Å². The van der Waals surface area contributed by atoms with E-state index < -0.39 is 0 Å². The summed E-state index contributed by atoms with van der Waals surface area (Å²) in [6.45, 7) is 8.98. The van der Waals surface area contributed by atoms with Crippen LogP contribution in [0.15, 0.2) is 158 Å². The molecule has 1 aliphatic carbocycles. The topological polar surface area (TPSA) is 12.9 Å². The second-order valence-electron chi connectivity index (χ2n) is 13.1. The molecule has 1 aliphatic rings. The van der Waals surface area contributed by atoms with Crippen molar-refractivity contribution >= 4 is 27.1 Å². The van der Waals surface area contributed by atoms with Crippen molar-refractivity contribution in [1.82, 2.24) is 4.98 Å². The average molecular weight is 628 g/mol. The minimum Gasteiger partial charge on any atom is -0.256 e. The van der Waals surface area contributed by atoms with E-state index in [4.69, 9.17) is 4.98 Å². The molecule has 1 heteroatoms. The normalized spacial score (nSPS) is 12.4. The first kappa shape index (κ1) is 30.3. The van der Waals surface area contributed by atoms with E-state index in [2.05, 4.69) is 155 Å². The number of aromatic nitrogens is 1. The van der Waals surface area contributed by atoms with E-state index in [9.17, 15) is 0 Å². The lowest BCUT2D eigenvalue weighted by Crippen LogP contribution is -1.94. The molecule has 6 aromatic carbocycles. The SMILES string of the molecule is Cc1cc(-c2cc(-c3cc(C4=C=CC=CC=C4)cc(-c4ccccn4)c3)cc(-c3cc4ccccc4c(C)c3C)c2)c2ccccc2c1C. The van der Waals surface area contributed by atoms with E-state index in [1.54, 1.807) is 0 Å². The van der Waals surface area contributed by atoms with Crippen LogP contribution in [-0.4, -0.2) is 4.98 Å². The maximum atomic E-state index is 4.75. The summed E-state index contributed by atoms with van der Waals surface area (Å²) in [4.78, 5) is 4.75. The molecule has 0 spiro atoms. The van der Waals surface area contributed by atoms with Crippen LogP contribution in [0, 0.1) is 27.7 Å². The summed E-state index contributed by atoms with van der Waals surface area (Å²) < 4.78 is 0. The Morgan fingerprint density at radius 1 is 0.469 bits per heavy atom. The second kappa shape index (κ2) is 12.5. The lowest BCUT2D eigenvalue weighted by Gasteiger charge is -2.18. The number of rotatable bonds is 5. The Bertz CT molecular complexity index is 2550. The van der Waals surface area contributed by atoms with Crippen LogP contribution in [0.4, 0.5) is 0 Å². The Morgan fingerprint density at radius 3 is 1.92 bits per heavy atom. The van der Waals surface area contributed by atoms with Crippen LogP contribution < -0.4 is 0 Å². The quantitative estimate of drug-likeness (QED) is 0.173. The summed E-state index contributed by atoms with van der Waals surface area (Å²) in [5.41, 5.74) is 20.2. The highest BCUT2D eigenvalue weighted by Gasteiger charge is 2.16. The van der Waals surface area contributed by atoms with Crippen molar-refractivity contribution in [3.8, 4) is 44.6 Å². The summed E-state index contributed by atoms with van der Waals surface area (Å²) in [6, 6.07) is 42.4. The lowest BCUT2D eigenvalue weighted by molar-refractivity contribution is 1.32. The van der Waals surface area contributed by atoms with Gasteiger partial charge in [-0.05, 0) is 177 Å². The standard InChI is InChI=1S/C48H37N/c1-31-23-47(45-20-12-11-19-44(45)32(31)2)41-26-39(25-40(29-41)46-30-36-17-9-10-18-43(36)33(3)34(46)4)38-24-37(35-15-7-5-6-8-16-35)27-42(28-38)48-21-13-14-22-49-48/h5-15,17-30H,1-4H3. The predicted molar refractivity (Wildman–Crippen MR) is 210 cm³/mol. The molecule has 1 aromatic heterocycles. The van der Waals surface area contributed by atoms with Crippen molar-refractivity contribution in [3.63, 3.8) is 0 Å². The number of hydrogen-bond acceptors (Lipinski definition) is 1. The van der Waals surface area contributed by atoms with Crippen LogP contribution >= 0.6 is 0 Å². The largest absolute Gasteiger partial charge is 0.256 e. The van der Waals surface area contributed by atoms with Crippen molar-refractivity contribution in [2.24, 2.45) is 0 Å². The Kier molecular flexibility index (Phi) is 7.77. The fourth-order valence-electron chi connectivity index (χ4n) is 7.20. The summed E-state index contributed by atoms with van der Waals surface area (Å²) in [7, 11) is 0. The molecule has 8 rings (SSSR count). The van der Waals surface area contributed by atoms with Gasteiger partial charge in [0.2, 0.25) is 0 Å². The Morgan fingerprint density at radius 2 is 1.12 bits per heavy atom. The Hall–Kier alpha value is -6.01. The third-order valence-corrected chi connectivity index (χ3v) is 10.1. The van der Waals surface area contributed by atoms with E-state index >= 15 is 0 Å². The zero-order chi connectivity index (χ0) is 33.5. The van der Waals surface area contributed by atoms with Gasteiger partial charge in [-0.15, -0.1) is 5.73 Å². The smallest absolute Gasteiger partial charge is 0.0702 e. The molecule has 0 radical (unpaired) electrons. The maximum absolute atomic E-state index is 4.75. The molecule has 0 saturated heterocycles. The van der Waals surface area contributed by atoms with Gasteiger partial charge in [0.25, 0.3) is 0 Å². The van der Waals surface area contributed by atoms with Crippen LogP contribution in [0.5, 0.6) is 0 Å². The molecule has 234 valence electrons. The van der Waals surface area contributed by atoms with Gasteiger partial charge in [0.1, 0.15) is 0 Å². The second-order valence-corrected chi connectivity index (χ2v) is 13.1. The van der Waals surface area contributed by atoms with Crippen molar-refractivity contribution < 1.29 is 0 Å². The van der Waals surface area contributed by atoms with Crippen molar-refractivity contribution in [2.75, 3.05) is 0 Å². The average Bonchev–Trinajstić information content (AvgIpc) is 3.45. The number of hydrogen-bond donors (Lipinski definition) is 0. The van der Waals surface area contributed by atoms with Gasteiger partial charge >= 0.3 is 0 Å². The molecule has 0 bridgehead atoms. The van der Waals surface area contributed by atoms with Gasteiger partial charge in [-0.25, -0.2) is 0 Å². The molecule has 0 atom stereocenters. The number of fused-ring (bicyclic) bond motifs is 2. The number of aryl methyl sites for hydroxylation is 3. The summed E-state index contributed by atoms with van der Waals surface area (Å²) >= 11 is 0. The van der Waals surface area contributed by atoms with Crippen molar-refractivity contribution in [1.29, 1.82) is 0 Å². The van der Waals surface area contributed by atoms with Crippen LogP contribution in [0.3, 0.4) is 0 Å². The van der Waals surface area contributed by atoms with Gasteiger partial charge in [-0.3, -0.25) is 4.98 Å². The monoisotopic (exact) mass is 627 g/mol. The molecule has 1 nitrogen and oxygen atoms in total. The van der Waals surface area contributed by atoms with E-state index in [0.29, 0.717) is 0 Å². The molecule has 0 amide bonds. The van der Waals surface area contributed by atoms with Crippen LogP contribution in [0.2, 0.25) is 0 Å². The van der Waals surface area contributed by atoms with Crippen molar-refractivity contribution in [2.45, 2.75) is 27.7 Å². The minimum absolute atomic E-state index is 0.948. The fourth-order valence-corrected chi connectivity index (χ4v) is 7.20. The first-order valence-corrected chi connectivity index (χ1v) is 17.0. The van der Waals surface area contributed by atoms with Gasteiger partial charge < -0.3 is 0 Å². The first-order chi connectivity index (χ1) is 23.9. The highest BCUT2D eigenvalue weighted by Crippen LogP contribution is 2.41. The molecule has 49 heavy (non-hydrogen) atoms. The van der Waals surface area contributed by atoms with Gasteiger partial charge in [-0.2, -0.15) is 0 Å². The number of nitrogens with zero attached hydrogens (tertiary/aromatic N) is 1. The third kappa shape index (κ3) is 5.65. The van der Waals surface area contributed by atoms with E-state index in [-0.39, 0.29) is 0 Å². The van der Waals surface area contributed by atoms with Crippen molar-refractivity contribution in [3.05, 3.63) is 185 Å². The number of pyridine rings is 1. The van der Waals surface area contributed by atoms with Crippen LogP contribution in [0.25, 0.3) is 71.8 Å². The van der Waals surface area contributed by atoms with Gasteiger partial charge in [0.05, 0.1) is 5.69 Å². The van der Waals surface area contributed by atoms with Gasteiger partial charge in [-0.1, -0.05) is 78.9 Å². The maximum Gasteiger partial charge on any atom is 0.0702 e. The van der Waals surface area contributed by atoms with E-state index in [0.717, 1.165) is 28.0 Å². The van der Waals surface area contributed by atoms with Gasteiger partial charge in [0.15, 0.2) is 0 Å². The summed E-state index contributed by atoms with van der Waals surface area (Å²) in [6.07, 6.45) is 12.1. The fraction of sp³-hybridized carbons (Fsp3) is 0.0833. The molecule has 0 saturated carbocycles. The highest BCUT2D eigenvalue weighted by molar-refractivity contribution is 6.01. The lowest BCUT2D eigenvalue weighted by atomic mass is 9.86. The number of benzene rings is 6. The Balaban J connectivity index is 1.43. The predicted octanol–water partition coefficient (Wildman–Crippen LogP) is 13.0. The summed E-state index contributed by atoms with van der Waals surface area (Å²) in [5, 5.41) is 5.14. The zero-order valence-electron chi connectivity index (χ0n) is 28.4. The Labute approximate surface area is 288 Å². The van der Waals surface area contributed by atoms with E-state index in [1.807, 2.05) is 30.5 Å². The molecule has 0 unspecified atom stereocenters. The molecule has 0 aliphatic heterocycles. The van der Waals surface area contributed by atoms with Gasteiger partial charge in [0, 0.05) is 17.3 Å². The molecule has 0 N–H and O–H groups in total. The molecular weight excluding hydrogens is 591 g/mol. The minimum atomic E-state index is 0.948. The molecule has 7 aromatic rings. The molecule has 1 heterocycles. The van der Waals surface area contributed by atoms with Crippen LogP contribution in [-0.2, 0) is 0 Å². The highest BCUT2D eigenvalue weighted by atomic mass is 14.7. The molecular formula is C48H37N. The molecule has 0 fully saturated rings. The zero-order valence-corrected chi connectivity index (χ0v) is 28.4. The van der Waals surface area contributed by atoms with E-state index in [1.165, 1.54) is 71.6 Å².